The average Bonchev–Trinajstić information content (AvgIpc) is 2.54. The van der Waals surface area contributed by atoms with Crippen LogP contribution < -0.4 is 10.6 Å². The summed E-state index contributed by atoms with van der Waals surface area (Å²) in [5.74, 6) is 0.321. The SMILES string of the molecule is CCCCCNc1ccc(NC(=O)c2cccnc2)nc1. The molecule has 0 atom stereocenters. The van der Waals surface area contributed by atoms with E-state index in [1.165, 1.54) is 19.0 Å². The number of nitrogens with one attached hydrogen (secondary N) is 2. The van der Waals surface area contributed by atoms with Crippen LogP contribution in [0.5, 0.6) is 0 Å². The molecule has 0 saturated carbocycles. The van der Waals surface area contributed by atoms with Crippen molar-refractivity contribution >= 4 is 17.4 Å². The van der Waals surface area contributed by atoms with E-state index in [0.29, 0.717) is 11.4 Å². The molecule has 0 aliphatic rings. The summed E-state index contributed by atoms with van der Waals surface area (Å²) in [7, 11) is 0. The van der Waals surface area contributed by atoms with Gasteiger partial charge in [0.2, 0.25) is 0 Å². The first-order chi connectivity index (χ1) is 10.3. The maximum Gasteiger partial charge on any atom is 0.258 e. The maximum absolute atomic E-state index is 11.9. The Hall–Kier alpha value is -2.43. The Morgan fingerprint density at radius 1 is 1.19 bits per heavy atom. The fourth-order valence-corrected chi connectivity index (χ4v) is 1.87. The molecule has 0 aromatic carbocycles. The van der Waals surface area contributed by atoms with E-state index in [4.69, 9.17) is 0 Å². The monoisotopic (exact) mass is 284 g/mol. The van der Waals surface area contributed by atoms with Crippen LogP contribution in [0, 0.1) is 0 Å². The van der Waals surface area contributed by atoms with Gasteiger partial charge in [-0.3, -0.25) is 9.78 Å². The highest BCUT2D eigenvalue weighted by Crippen LogP contribution is 2.11. The van der Waals surface area contributed by atoms with Crippen molar-refractivity contribution in [2.45, 2.75) is 26.2 Å². The smallest absolute Gasteiger partial charge is 0.258 e. The number of anilines is 2. The molecule has 2 aromatic rings. The van der Waals surface area contributed by atoms with Gasteiger partial charge in [0.15, 0.2) is 0 Å². The van der Waals surface area contributed by atoms with Gasteiger partial charge >= 0.3 is 0 Å². The predicted molar refractivity (Wildman–Crippen MR) is 84.4 cm³/mol. The van der Waals surface area contributed by atoms with E-state index < -0.39 is 0 Å². The molecule has 0 aliphatic carbocycles. The number of unbranched alkanes of at least 4 members (excludes halogenated alkanes) is 2. The number of hydrogen-bond donors (Lipinski definition) is 2. The Morgan fingerprint density at radius 3 is 2.76 bits per heavy atom. The number of rotatable bonds is 7. The van der Waals surface area contributed by atoms with Crippen LogP contribution in [0.3, 0.4) is 0 Å². The second-order valence-electron chi connectivity index (χ2n) is 4.76. The Kier molecular flexibility index (Phi) is 5.70. The number of aromatic nitrogens is 2. The molecule has 5 nitrogen and oxygen atoms in total. The van der Waals surface area contributed by atoms with Crippen molar-refractivity contribution < 1.29 is 4.79 Å². The lowest BCUT2D eigenvalue weighted by Crippen LogP contribution is -2.13. The first kappa shape index (κ1) is 15.0. The lowest BCUT2D eigenvalue weighted by Gasteiger charge is -2.07. The van der Waals surface area contributed by atoms with Crippen LogP contribution in [0.15, 0.2) is 42.9 Å². The van der Waals surface area contributed by atoms with Crippen LogP contribution >= 0.6 is 0 Å². The number of nitrogens with zero attached hydrogens (tertiary/aromatic N) is 2. The number of carbonyl (C=O) groups excluding carboxylic acids is 1. The Morgan fingerprint density at radius 2 is 2.10 bits per heavy atom. The highest BCUT2D eigenvalue weighted by Gasteiger charge is 2.06. The summed E-state index contributed by atoms with van der Waals surface area (Å²) in [4.78, 5) is 20.1. The normalized spacial score (nSPS) is 10.1. The molecule has 5 heteroatoms. The summed E-state index contributed by atoms with van der Waals surface area (Å²) >= 11 is 0. The van der Waals surface area contributed by atoms with Gasteiger partial charge in [-0.25, -0.2) is 4.98 Å². The number of pyridine rings is 2. The second kappa shape index (κ2) is 7.99. The van der Waals surface area contributed by atoms with Crippen LogP contribution in [-0.2, 0) is 0 Å². The number of amides is 1. The molecular formula is C16H20N4O. The van der Waals surface area contributed by atoms with E-state index in [1.54, 1.807) is 30.6 Å². The third-order valence-electron chi connectivity index (χ3n) is 3.04. The zero-order valence-electron chi connectivity index (χ0n) is 12.2. The summed E-state index contributed by atoms with van der Waals surface area (Å²) in [6.45, 7) is 3.12. The molecule has 2 rings (SSSR count). The fraction of sp³-hybridized carbons (Fsp3) is 0.312. The first-order valence-electron chi connectivity index (χ1n) is 7.21. The van der Waals surface area contributed by atoms with E-state index in [1.807, 2.05) is 6.07 Å². The zero-order valence-corrected chi connectivity index (χ0v) is 12.2. The fourth-order valence-electron chi connectivity index (χ4n) is 1.87. The summed E-state index contributed by atoms with van der Waals surface area (Å²) < 4.78 is 0. The number of hydrogen-bond acceptors (Lipinski definition) is 4. The largest absolute Gasteiger partial charge is 0.384 e. The van der Waals surface area contributed by atoms with Crippen LogP contribution in [0.2, 0.25) is 0 Å². The Bertz CT molecular complexity index is 554. The van der Waals surface area contributed by atoms with Gasteiger partial charge in [-0.15, -0.1) is 0 Å². The summed E-state index contributed by atoms with van der Waals surface area (Å²) in [5.41, 5.74) is 1.48. The highest BCUT2D eigenvalue weighted by molar-refractivity contribution is 6.03. The Labute approximate surface area is 124 Å². The summed E-state index contributed by atoms with van der Waals surface area (Å²) in [6.07, 6.45) is 8.47. The van der Waals surface area contributed by atoms with Crippen LogP contribution in [0.1, 0.15) is 36.5 Å². The molecule has 0 radical (unpaired) electrons. The third-order valence-corrected chi connectivity index (χ3v) is 3.04. The minimum absolute atomic E-state index is 0.209. The highest BCUT2D eigenvalue weighted by atomic mass is 16.1. The average molecular weight is 284 g/mol. The van der Waals surface area contributed by atoms with E-state index in [9.17, 15) is 4.79 Å². The van der Waals surface area contributed by atoms with Gasteiger partial charge < -0.3 is 10.6 Å². The molecule has 1 amide bonds. The zero-order chi connectivity index (χ0) is 14.9. The third kappa shape index (κ3) is 4.87. The van der Waals surface area contributed by atoms with Crippen molar-refractivity contribution in [3.63, 3.8) is 0 Å². The summed E-state index contributed by atoms with van der Waals surface area (Å²) in [6, 6.07) is 7.14. The summed E-state index contributed by atoms with van der Waals surface area (Å²) in [5, 5.41) is 6.05. The van der Waals surface area contributed by atoms with Gasteiger partial charge in [-0.2, -0.15) is 0 Å². The predicted octanol–water partition coefficient (Wildman–Crippen LogP) is 3.33. The van der Waals surface area contributed by atoms with Gasteiger partial charge in [-0.05, 0) is 30.7 Å². The van der Waals surface area contributed by atoms with Crippen molar-refractivity contribution in [3.05, 3.63) is 48.4 Å². The first-order valence-corrected chi connectivity index (χ1v) is 7.21. The van der Waals surface area contributed by atoms with Gasteiger partial charge in [0, 0.05) is 18.9 Å². The molecule has 21 heavy (non-hydrogen) atoms. The molecular weight excluding hydrogens is 264 g/mol. The molecule has 0 aliphatic heterocycles. The van der Waals surface area contributed by atoms with Gasteiger partial charge in [-0.1, -0.05) is 19.8 Å². The number of carbonyl (C=O) groups is 1. The molecule has 0 bridgehead atoms. The molecule has 2 N–H and O–H groups in total. The quantitative estimate of drug-likeness (QED) is 0.765. The van der Waals surface area contributed by atoms with Gasteiger partial charge in [0.05, 0.1) is 17.4 Å². The van der Waals surface area contributed by atoms with Crippen LogP contribution in [-0.4, -0.2) is 22.4 Å². The van der Waals surface area contributed by atoms with Crippen LogP contribution in [0.25, 0.3) is 0 Å². The lowest BCUT2D eigenvalue weighted by molar-refractivity contribution is 0.102. The van der Waals surface area contributed by atoms with E-state index in [2.05, 4.69) is 27.5 Å². The minimum Gasteiger partial charge on any atom is -0.384 e. The Balaban J connectivity index is 1.86. The molecule has 0 fully saturated rings. The minimum atomic E-state index is -0.209. The molecule has 110 valence electrons. The maximum atomic E-state index is 11.9. The van der Waals surface area contributed by atoms with Gasteiger partial charge in [0.25, 0.3) is 5.91 Å². The van der Waals surface area contributed by atoms with Crippen LogP contribution in [0.4, 0.5) is 11.5 Å². The van der Waals surface area contributed by atoms with Crippen molar-refractivity contribution in [2.24, 2.45) is 0 Å². The molecule has 0 saturated heterocycles. The molecule has 0 unspecified atom stereocenters. The van der Waals surface area contributed by atoms with Gasteiger partial charge in [0.1, 0.15) is 5.82 Å². The standard InChI is InChI=1S/C16H20N4O/c1-2-3-4-10-18-14-7-8-15(19-12-14)20-16(21)13-6-5-9-17-11-13/h5-9,11-12,18H,2-4,10H2,1H3,(H,19,20,21). The molecule has 2 heterocycles. The van der Waals surface area contributed by atoms with E-state index in [0.717, 1.165) is 18.7 Å². The van der Waals surface area contributed by atoms with E-state index >= 15 is 0 Å². The van der Waals surface area contributed by atoms with Crippen molar-refractivity contribution in [1.82, 2.24) is 9.97 Å². The van der Waals surface area contributed by atoms with Crippen molar-refractivity contribution in [3.8, 4) is 0 Å². The van der Waals surface area contributed by atoms with Crippen molar-refractivity contribution in [2.75, 3.05) is 17.2 Å². The molecule has 2 aromatic heterocycles. The van der Waals surface area contributed by atoms with E-state index in [-0.39, 0.29) is 5.91 Å². The topological polar surface area (TPSA) is 66.9 Å². The van der Waals surface area contributed by atoms with Crippen molar-refractivity contribution in [1.29, 1.82) is 0 Å². The second-order valence-corrected chi connectivity index (χ2v) is 4.76. The lowest BCUT2D eigenvalue weighted by atomic mass is 10.2. The molecule has 0 spiro atoms.